The Morgan fingerprint density at radius 1 is 1.02 bits per heavy atom. The van der Waals surface area contributed by atoms with E-state index in [1.807, 2.05) is 65.7 Å². The predicted molar refractivity (Wildman–Crippen MR) is 164 cm³/mol. The molecule has 4 N–H and O–H groups in total. The standard InChI is InChI=1S/C30H35N7O2S/c1-20-5-4-6-23(17-20)34-30(39)33-22-9-7-21(8-10-22)25-19-40-27-24(18-32-28(31)26(25)27)29(38)37-15-13-36(14-16-37)12-11-35(2)3/h4-10,17-19H,11-16H2,1-3H3,(H2,31,32)(H2,33,34,39). The molecule has 0 unspecified atom stereocenters. The van der Waals surface area contributed by atoms with Crippen LogP contribution < -0.4 is 16.4 Å². The molecule has 0 saturated carbocycles. The molecule has 0 atom stereocenters. The van der Waals surface area contributed by atoms with Crippen LogP contribution in [-0.4, -0.2) is 85.0 Å². The largest absolute Gasteiger partial charge is 0.383 e. The van der Waals surface area contributed by atoms with Gasteiger partial charge < -0.3 is 26.2 Å². The van der Waals surface area contributed by atoms with Gasteiger partial charge in [0.25, 0.3) is 5.91 Å². The molecule has 4 aromatic rings. The molecular formula is C30H35N7O2S. The van der Waals surface area contributed by atoms with Gasteiger partial charge in [-0.05, 0) is 61.8 Å². The Labute approximate surface area is 238 Å². The second-order valence-electron chi connectivity index (χ2n) is 10.4. The molecular weight excluding hydrogens is 522 g/mol. The van der Waals surface area contributed by atoms with E-state index >= 15 is 0 Å². The SMILES string of the molecule is Cc1cccc(NC(=O)Nc2ccc(-c3csc4c(C(=O)N5CCN(CCN(C)C)CC5)cnc(N)c34)cc2)c1. The molecule has 1 aliphatic rings. The molecule has 1 saturated heterocycles. The summed E-state index contributed by atoms with van der Waals surface area (Å²) in [6.07, 6.45) is 1.61. The van der Waals surface area contributed by atoms with Gasteiger partial charge in [-0.2, -0.15) is 0 Å². The number of likely N-dealkylation sites (N-methyl/N-ethyl adjacent to an activating group) is 1. The third kappa shape index (κ3) is 6.25. The smallest absolute Gasteiger partial charge is 0.323 e. The molecule has 0 radical (unpaired) electrons. The van der Waals surface area contributed by atoms with Gasteiger partial charge in [0.1, 0.15) is 5.82 Å². The number of benzene rings is 2. The number of amides is 3. The fraction of sp³-hybridized carbons (Fsp3) is 0.300. The number of carbonyl (C=O) groups excluding carboxylic acids is 2. The van der Waals surface area contributed by atoms with Crippen LogP contribution in [0, 0.1) is 6.92 Å². The first-order valence-corrected chi connectivity index (χ1v) is 14.2. The number of hydrogen-bond acceptors (Lipinski definition) is 7. The molecule has 9 nitrogen and oxygen atoms in total. The van der Waals surface area contributed by atoms with Gasteiger partial charge in [0.05, 0.1) is 10.3 Å². The maximum Gasteiger partial charge on any atom is 0.323 e. The molecule has 3 amide bonds. The zero-order chi connectivity index (χ0) is 28.2. The number of rotatable bonds is 7. The molecule has 0 aliphatic carbocycles. The average molecular weight is 558 g/mol. The first-order chi connectivity index (χ1) is 19.3. The minimum atomic E-state index is -0.311. The van der Waals surface area contributed by atoms with E-state index in [2.05, 4.69) is 39.5 Å². The number of nitrogens with one attached hydrogen (secondary N) is 2. The Morgan fingerprint density at radius 2 is 1.75 bits per heavy atom. The van der Waals surface area contributed by atoms with Gasteiger partial charge in [-0.3, -0.25) is 9.69 Å². The second-order valence-corrected chi connectivity index (χ2v) is 11.3. The van der Waals surface area contributed by atoms with Crippen molar-refractivity contribution >= 4 is 50.6 Å². The molecule has 1 fully saturated rings. The zero-order valence-electron chi connectivity index (χ0n) is 23.1. The minimum Gasteiger partial charge on any atom is -0.383 e. The highest BCUT2D eigenvalue weighted by molar-refractivity contribution is 7.18. The number of fused-ring (bicyclic) bond motifs is 1. The van der Waals surface area contributed by atoms with Gasteiger partial charge in [-0.25, -0.2) is 9.78 Å². The highest BCUT2D eigenvalue weighted by Gasteiger charge is 2.25. The van der Waals surface area contributed by atoms with Gasteiger partial charge >= 0.3 is 6.03 Å². The van der Waals surface area contributed by atoms with Gasteiger partial charge in [-0.1, -0.05) is 24.3 Å². The first-order valence-electron chi connectivity index (χ1n) is 13.4. The lowest BCUT2D eigenvalue weighted by atomic mass is 10.0. The van der Waals surface area contributed by atoms with Crippen molar-refractivity contribution in [3.8, 4) is 11.1 Å². The van der Waals surface area contributed by atoms with E-state index in [-0.39, 0.29) is 11.9 Å². The fourth-order valence-electron chi connectivity index (χ4n) is 4.87. The van der Waals surface area contributed by atoms with Crippen molar-refractivity contribution in [1.82, 2.24) is 19.7 Å². The Bertz CT molecular complexity index is 1510. The van der Waals surface area contributed by atoms with Crippen LogP contribution in [0.2, 0.25) is 0 Å². The summed E-state index contributed by atoms with van der Waals surface area (Å²) < 4.78 is 0.849. The van der Waals surface area contributed by atoms with Crippen molar-refractivity contribution in [3.63, 3.8) is 0 Å². The number of aromatic nitrogens is 1. The monoisotopic (exact) mass is 557 g/mol. The number of pyridine rings is 1. The minimum absolute atomic E-state index is 0.00247. The number of thiophene rings is 1. The van der Waals surface area contributed by atoms with Gasteiger partial charge in [0, 0.05) is 67.8 Å². The van der Waals surface area contributed by atoms with Crippen LogP contribution in [0.1, 0.15) is 15.9 Å². The molecule has 3 heterocycles. The number of nitrogen functional groups attached to an aromatic ring is 1. The van der Waals surface area contributed by atoms with Crippen LogP contribution in [0.25, 0.3) is 21.2 Å². The summed E-state index contributed by atoms with van der Waals surface area (Å²) in [5, 5.41) is 8.53. The maximum absolute atomic E-state index is 13.5. The Balaban J connectivity index is 1.29. The van der Waals surface area contributed by atoms with E-state index in [0.717, 1.165) is 58.6 Å². The molecule has 2 aromatic heterocycles. The van der Waals surface area contributed by atoms with E-state index < -0.39 is 0 Å². The van der Waals surface area contributed by atoms with Crippen LogP contribution in [-0.2, 0) is 0 Å². The molecule has 40 heavy (non-hydrogen) atoms. The third-order valence-electron chi connectivity index (χ3n) is 7.11. The first kappa shape index (κ1) is 27.6. The molecule has 5 rings (SSSR count). The van der Waals surface area contributed by atoms with E-state index in [0.29, 0.717) is 30.2 Å². The second kappa shape index (κ2) is 12.0. The van der Waals surface area contributed by atoms with Crippen molar-refractivity contribution in [3.05, 3.63) is 71.2 Å². The number of hydrogen-bond donors (Lipinski definition) is 3. The molecule has 208 valence electrons. The van der Waals surface area contributed by atoms with Crippen LogP contribution in [0.4, 0.5) is 22.0 Å². The van der Waals surface area contributed by atoms with E-state index in [1.165, 1.54) is 11.3 Å². The molecule has 10 heteroatoms. The van der Waals surface area contributed by atoms with Crippen LogP contribution >= 0.6 is 11.3 Å². The summed E-state index contributed by atoms with van der Waals surface area (Å²) in [4.78, 5) is 36.9. The summed E-state index contributed by atoms with van der Waals surface area (Å²) in [6, 6.07) is 14.9. The fourth-order valence-corrected chi connectivity index (χ4v) is 5.96. The lowest BCUT2D eigenvalue weighted by Gasteiger charge is -2.35. The highest BCUT2D eigenvalue weighted by atomic mass is 32.1. The predicted octanol–water partition coefficient (Wildman–Crippen LogP) is 4.82. The normalized spacial score (nSPS) is 14.1. The summed E-state index contributed by atoms with van der Waals surface area (Å²) in [7, 11) is 4.15. The van der Waals surface area contributed by atoms with Crippen molar-refractivity contribution in [1.29, 1.82) is 0 Å². The van der Waals surface area contributed by atoms with Crippen LogP contribution in [0.5, 0.6) is 0 Å². The Hall–Kier alpha value is -3.99. The lowest BCUT2D eigenvalue weighted by molar-refractivity contribution is 0.0631. The lowest BCUT2D eigenvalue weighted by Crippen LogP contribution is -2.50. The van der Waals surface area contributed by atoms with Crippen molar-refractivity contribution in [2.45, 2.75) is 6.92 Å². The van der Waals surface area contributed by atoms with Crippen LogP contribution in [0.3, 0.4) is 0 Å². The molecule has 0 bridgehead atoms. The number of aryl methyl sites for hydroxylation is 1. The summed E-state index contributed by atoms with van der Waals surface area (Å²) >= 11 is 1.51. The Morgan fingerprint density at radius 3 is 2.45 bits per heavy atom. The topological polar surface area (TPSA) is 107 Å². The summed E-state index contributed by atoms with van der Waals surface area (Å²) in [5.74, 6) is 0.397. The van der Waals surface area contributed by atoms with Gasteiger partial charge in [0.2, 0.25) is 0 Å². The van der Waals surface area contributed by atoms with E-state index in [4.69, 9.17) is 5.73 Å². The number of urea groups is 1. The Kier molecular flexibility index (Phi) is 8.29. The average Bonchev–Trinajstić information content (AvgIpc) is 3.39. The molecule has 0 spiro atoms. The summed E-state index contributed by atoms with van der Waals surface area (Å²) in [5.41, 5.74) is 11.3. The van der Waals surface area contributed by atoms with Crippen LogP contribution in [0.15, 0.2) is 60.1 Å². The van der Waals surface area contributed by atoms with Crippen molar-refractivity contribution in [2.24, 2.45) is 0 Å². The summed E-state index contributed by atoms with van der Waals surface area (Å²) in [6.45, 7) is 7.11. The number of anilines is 3. The van der Waals surface area contributed by atoms with Crippen molar-refractivity contribution < 1.29 is 9.59 Å². The number of nitrogens with two attached hydrogens (primary N) is 1. The third-order valence-corrected chi connectivity index (χ3v) is 8.12. The molecule has 1 aliphatic heterocycles. The number of carbonyl (C=O) groups is 2. The van der Waals surface area contributed by atoms with E-state index in [9.17, 15) is 9.59 Å². The van der Waals surface area contributed by atoms with Gasteiger partial charge in [-0.15, -0.1) is 11.3 Å². The highest BCUT2D eigenvalue weighted by Crippen LogP contribution is 2.39. The van der Waals surface area contributed by atoms with E-state index in [1.54, 1.807) is 6.20 Å². The number of piperazine rings is 1. The van der Waals surface area contributed by atoms with Gasteiger partial charge in [0.15, 0.2) is 0 Å². The molecule has 2 aromatic carbocycles. The van der Waals surface area contributed by atoms with Crippen molar-refractivity contribution in [2.75, 3.05) is 69.7 Å². The quantitative estimate of drug-likeness (QED) is 0.301. The number of nitrogens with zero attached hydrogens (tertiary/aromatic N) is 4. The maximum atomic E-state index is 13.5. The zero-order valence-corrected chi connectivity index (χ0v) is 23.9.